The van der Waals surface area contributed by atoms with Crippen molar-refractivity contribution in [3.05, 3.63) is 39.4 Å². The molecule has 3 aromatic rings. The van der Waals surface area contributed by atoms with Crippen LogP contribution in [0.15, 0.2) is 28.1 Å². The van der Waals surface area contributed by atoms with Crippen LogP contribution in [-0.4, -0.2) is 20.6 Å². The van der Waals surface area contributed by atoms with Crippen LogP contribution in [0.5, 0.6) is 0 Å². The number of thiophene rings is 1. The molecule has 0 aliphatic heterocycles. The van der Waals surface area contributed by atoms with E-state index in [4.69, 9.17) is 0 Å². The molecule has 0 bridgehead atoms. The summed E-state index contributed by atoms with van der Waals surface area (Å²) in [6.45, 7) is 0. The summed E-state index contributed by atoms with van der Waals surface area (Å²) >= 11 is 4.14. The Balaban J connectivity index is 2.39. The fourth-order valence-electron chi connectivity index (χ4n) is 1.87. The number of rotatable bonds is 2. The number of hydrogen-bond acceptors (Lipinski definition) is 5. The van der Waals surface area contributed by atoms with Crippen LogP contribution in [0.4, 0.5) is 13.2 Å². The van der Waals surface area contributed by atoms with Crippen LogP contribution in [0.25, 0.3) is 16.2 Å². The lowest BCUT2D eigenvalue weighted by molar-refractivity contribution is -0.255. The summed E-state index contributed by atoms with van der Waals surface area (Å²) < 4.78 is 39.9. The third-order valence-corrected chi connectivity index (χ3v) is 4.41. The Morgan fingerprint density at radius 1 is 1.41 bits per heavy atom. The van der Waals surface area contributed by atoms with E-state index < -0.39 is 23.5 Å². The zero-order chi connectivity index (χ0) is 16.1. The number of halogens is 4. The second-order valence-electron chi connectivity index (χ2n) is 4.19. The number of carbonyl (C=O) groups is 1. The molecule has 0 spiro atoms. The van der Waals surface area contributed by atoms with Gasteiger partial charge in [0.15, 0.2) is 11.3 Å². The van der Waals surface area contributed by atoms with Gasteiger partial charge in [-0.2, -0.15) is 18.3 Å². The predicted octanol–water partition coefficient (Wildman–Crippen LogP) is 2.60. The van der Waals surface area contributed by atoms with Crippen molar-refractivity contribution in [2.24, 2.45) is 0 Å². The highest BCUT2D eigenvalue weighted by Gasteiger charge is 2.36. The van der Waals surface area contributed by atoms with Gasteiger partial charge in [-0.25, -0.2) is 9.50 Å². The van der Waals surface area contributed by atoms with Crippen LogP contribution in [0.1, 0.15) is 16.2 Å². The quantitative estimate of drug-likeness (QED) is 0.674. The highest BCUT2D eigenvalue weighted by Crippen LogP contribution is 2.35. The molecule has 5 nitrogen and oxygen atoms in total. The number of aromatic carboxylic acids is 1. The molecular formula is C12H4BrF3N3O2S-. The van der Waals surface area contributed by atoms with Gasteiger partial charge in [-0.1, -0.05) is 6.07 Å². The Morgan fingerprint density at radius 3 is 2.68 bits per heavy atom. The Kier molecular flexibility index (Phi) is 3.44. The van der Waals surface area contributed by atoms with Crippen LogP contribution in [0.3, 0.4) is 0 Å². The van der Waals surface area contributed by atoms with Crippen LogP contribution >= 0.6 is 27.3 Å². The van der Waals surface area contributed by atoms with Crippen molar-refractivity contribution in [3.63, 3.8) is 0 Å². The molecule has 0 N–H and O–H groups in total. The van der Waals surface area contributed by atoms with E-state index in [-0.39, 0.29) is 15.8 Å². The topological polar surface area (TPSA) is 70.3 Å². The van der Waals surface area contributed by atoms with E-state index in [0.29, 0.717) is 9.39 Å². The van der Waals surface area contributed by atoms with Crippen LogP contribution in [0, 0.1) is 0 Å². The zero-order valence-corrected chi connectivity index (χ0v) is 12.8. The summed E-state index contributed by atoms with van der Waals surface area (Å²) in [6.07, 6.45) is -4.72. The Morgan fingerprint density at radius 2 is 2.14 bits per heavy atom. The van der Waals surface area contributed by atoms with Gasteiger partial charge in [0.2, 0.25) is 0 Å². The highest BCUT2D eigenvalue weighted by molar-refractivity contribution is 9.10. The first-order chi connectivity index (χ1) is 10.3. The number of carboxylic acids is 1. The minimum atomic E-state index is -4.72. The van der Waals surface area contributed by atoms with Gasteiger partial charge in [0.25, 0.3) is 0 Å². The summed E-state index contributed by atoms with van der Waals surface area (Å²) in [5.41, 5.74) is -1.91. The maximum Gasteiger partial charge on any atom is 0.433 e. The zero-order valence-electron chi connectivity index (χ0n) is 10.4. The molecule has 0 fully saturated rings. The number of aromatic nitrogens is 3. The minimum Gasteiger partial charge on any atom is -0.543 e. The molecule has 3 rings (SSSR count). The Hall–Kier alpha value is -1.94. The lowest BCUT2D eigenvalue weighted by Crippen LogP contribution is -2.23. The molecule has 3 heterocycles. The first-order valence-corrected chi connectivity index (χ1v) is 7.38. The van der Waals surface area contributed by atoms with Crippen molar-refractivity contribution in [2.75, 3.05) is 0 Å². The monoisotopic (exact) mass is 390 g/mol. The minimum absolute atomic E-state index is 0.0836. The molecule has 0 saturated heterocycles. The molecule has 0 unspecified atom stereocenters. The van der Waals surface area contributed by atoms with Crippen LogP contribution in [0.2, 0.25) is 0 Å². The third-order valence-electron chi connectivity index (χ3n) is 2.79. The molecule has 0 aromatic carbocycles. The van der Waals surface area contributed by atoms with Crippen molar-refractivity contribution in [2.45, 2.75) is 6.18 Å². The van der Waals surface area contributed by atoms with E-state index in [9.17, 15) is 23.1 Å². The standard InChI is InChI=1S/C12H5BrF3N3O2S/c13-8-9(11(20)21)18-19-7(12(14,15)16)4-5(17-10(8)19)6-2-1-3-22-6/h1-4H,(H,20,21)/p-1. The highest BCUT2D eigenvalue weighted by atomic mass is 79.9. The maximum atomic E-state index is 13.2. The van der Waals surface area contributed by atoms with Gasteiger partial charge in [-0.15, -0.1) is 11.3 Å². The normalized spacial score (nSPS) is 12.0. The second-order valence-corrected chi connectivity index (χ2v) is 5.93. The van der Waals surface area contributed by atoms with E-state index in [1.165, 1.54) is 11.3 Å². The predicted molar refractivity (Wildman–Crippen MR) is 73.3 cm³/mol. The average Bonchev–Trinajstić information content (AvgIpc) is 3.05. The van der Waals surface area contributed by atoms with Crippen molar-refractivity contribution in [3.8, 4) is 10.6 Å². The number of nitrogens with zero attached hydrogens (tertiary/aromatic N) is 3. The van der Waals surface area contributed by atoms with Gasteiger partial charge in [0.05, 0.1) is 21.0 Å². The summed E-state index contributed by atoms with van der Waals surface area (Å²) in [4.78, 5) is 15.5. The van der Waals surface area contributed by atoms with Crippen molar-refractivity contribution in [1.29, 1.82) is 0 Å². The van der Waals surface area contributed by atoms with Gasteiger partial charge in [-0.3, -0.25) is 0 Å². The molecule has 0 radical (unpaired) electrons. The average molecular weight is 391 g/mol. The number of hydrogen-bond donors (Lipinski definition) is 0. The lowest BCUT2D eigenvalue weighted by Gasteiger charge is -2.10. The van der Waals surface area contributed by atoms with Gasteiger partial charge in [0.1, 0.15) is 5.69 Å². The summed E-state index contributed by atoms with van der Waals surface area (Å²) in [6, 6.07) is 4.13. The first-order valence-electron chi connectivity index (χ1n) is 5.70. The van der Waals surface area contributed by atoms with Crippen molar-refractivity contribution < 1.29 is 23.1 Å². The third kappa shape index (κ3) is 2.37. The van der Waals surface area contributed by atoms with Crippen molar-refractivity contribution in [1.82, 2.24) is 14.6 Å². The summed E-state index contributed by atoms with van der Waals surface area (Å²) in [5.74, 6) is -1.69. The van der Waals surface area contributed by atoms with E-state index >= 15 is 0 Å². The maximum absolute atomic E-state index is 13.2. The molecule has 114 valence electrons. The number of alkyl halides is 3. The van der Waals surface area contributed by atoms with Gasteiger partial charge >= 0.3 is 6.18 Å². The van der Waals surface area contributed by atoms with Crippen molar-refractivity contribution >= 4 is 38.9 Å². The summed E-state index contributed by atoms with van der Waals surface area (Å²) in [5, 5.41) is 16.1. The Bertz CT molecular complexity index is 874. The number of carboxylic acid groups (broad SMARTS) is 1. The van der Waals surface area contributed by atoms with Crippen LogP contribution in [-0.2, 0) is 6.18 Å². The lowest BCUT2D eigenvalue weighted by atomic mass is 10.2. The van der Waals surface area contributed by atoms with E-state index in [1.54, 1.807) is 17.5 Å². The van der Waals surface area contributed by atoms with Gasteiger partial charge < -0.3 is 9.90 Å². The van der Waals surface area contributed by atoms with Gasteiger partial charge in [-0.05, 0) is 33.4 Å². The largest absolute Gasteiger partial charge is 0.543 e. The van der Waals surface area contributed by atoms with Gasteiger partial charge in [0, 0.05) is 0 Å². The molecule has 0 saturated carbocycles. The Labute approximate surface area is 133 Å². The molecule has 0 aliphatic carbocycles. The van der Waals surface area contributed by atoms with E-state index in [1.807, 2.05) is 0 Å². The molecule has 22 heavy (non-hydrogen) atoms. The summed E-state index contributed by atoms with van der Waals surface area (Å²) in [7, 11) is 0. The molecule has 0 amide bonds. The van der Waals surface area contributed by atoms with E-state index in [0.717, 1.165) is 6.07 Å². The molecule has 0 atom stereocenters. The number of carbonyl (C=O) groups excluding carboxylic acids is 1. The molecular weight excluding hydrogens is 387 g/mol. The number of fused-ring (bicyclic) bond motifs is 1. The molecule has 10 heteroatoms. The van der Waals surface area contributed by atoms with E-state index in [2.05, 4.69) is 26.0 Å². The smallest absolute Gasteiger partial charge is 0.433 e. The van der Waals surface area contributed by atoms with Crippen LogP contribution < -0.4 is 5.11 Å². The fraction of sp³-hybridized carbons (Fsp3) is 0.0833. The fourth-order valence-corrected chi connectivity index (χ4v) is 3.06. The molecule has 3 aromatic heterocycles. The first kappa shape index (κ1) is 15.0. The molecule has 0 aliphatic rings. The SMILES string of the molecule is O=C([O-])c1nn2c(C(F)(F)F)cc(-c3cccs3)nc2c1Br. The second kappa shape index (κ2) is 5.06.